The van der Waals surface area contributed by atoms with Crippen molar-refractivity contribution in [1.29, 1.82) is 0 Å². The Morgan fingerprint density at radius 1 is 1.04 bits per heavy atom. The van der Waals surface area contributed by atoms with Crippen LogP contribution in [0.15, 0.2) is 47.6 Å². The number of anilines is 1. The molecule has 0 saturated carbocycles. The van der Waals surface area contributed by atoms with Crippen LogP contribution in [0.4, 0.5) is 18.9 Å². The number of halogens is 6. The third-order valence-electron chi connectivity index (χ3n) is 3.02. The van der Waals surface area contributed by atoms with Crippen LogP contribution < -0.4 is 10.1 Å². The largest absolute Gasteiger partial charge is 0.516 e. The minimum Gasteiger partial charge on any atom is -0.313 e. The first-order valence-corrected chi connectivity index (χ1v) is 10.0. The van der Waals surface area contributed by atoms with Crippen molar-refractivity contribution in [2.45, 2.75) is 12.4 Å². The van der Waals surface area contributed by atoms with Crippen molar-refractivity contribution in [2.24, 2.45) is 5.10 Å². The van der Waals surface area contributed by atoms with Crippen molar-refractivity contribution in [3.8, 4) is 0 Å². The van der Waals surface area contributed by atoms with Crippen LogP contribution in [0.1, 0.15) is 12.5 Å². The molecule has 0 spiro atoms. The van der Waals surface area contributed by atoms with Crippen molar-refractivity contribution in [2.75, 3.05) is 11.8 Å². The molecule has 5 nitrogen and oxygen atoms in total. The predicted octanol–water partition coefficient (Wildman–Crippen LogP) is 5.54. The molecule has 0 atom stereocenters. The number of alkyl halides is 3. The molecule has 154 valence electrons. The van der Waals surface area contributed by atoms with Crippen LogP contribution in [-0.2, 0) is 10.0 Å². The molecular formula is C16H15Cl3F3N3O2S. The first-order chi connectivity index (χ1) is 12.9. The number of rotatable bonds is 4. The molecule has 0 aliphatic carbocycles. The lowest BCUT2D eigenvalue weighted by atomic mass is 10.1. The maximum Gasteiger partial charge on any atom is 0.516 e. The van der Waals surface area contributed by atoms with Gasteiger partial charge in [-0.05, 0) is 37.3 Å². The summed E-state index contributed by atoms with van der Waals surface area (Å²) in [5.74, 6) is 0. The Morgan fingerprint density at radius 2 is 1.57 bits per heavy atom. The number of hydrogen-bond donors (Lipinski definition) is 2. The lowest BCUT2D eigenvalue weighted by molar-refractivity contribution is -0.0429. The molecule has 12 heteroatoms. The summed E-state index contributed by atoms with van der Waals surface area (Å²) in [7, 11) is -4.01. The Kier molecular flexibility index (Phi) is 8.87. The molecule has 0 aliphatic rings. The van der Waals surface area contributed by atoms with E-state index in [4.69, 9.17) is 34.8 Å². The zero-order valence-corrected chi connectivity index (χ0v) is 17.6. The number of hydrogen-bond acceptors (Lipinski definition) is 4. The maximum absolute atomic E-state index is 12.4. The predicted molar refractivity (Wildman–Crippen MR) is 108 cm³/mol. The maximum atomic E-state index is 12.4. The van der Waals surface area contributed by atoms with Gasteiger partial charge in [0.1, 0.15) is 0 Å². The van der Waals surface area contributed by atoms with Crippen LogP contribution >= 0.6 is 34.8 Å². The molecule has 0 bridgehead atoms. The third-order valence-corrected chi connectivity index (χ3v) is 5.11. The zero-order valence-electron chi connectivity index (χ0n) is 14.5. The van der Waals surface area contributed by atoms with E-state index >= 15 is 0 Å². The average molecular weight is 477 g/mol. The molecular weight excluding hydrogens is 462 g/mol. The summed E-state index contributed by atoms with van der Waals surface area (Å²) < 4.78 is 60.8. The van der Waals surface area contributed by atoms with E-state index < -0.39 is 15.5 Å². The van der Waals surface area contributed by atoms with Gasteiger partial charge in [-0.3, -0.25) is 4.72 Å². The summed E-state index contributed by atoms with van der Waals surface area (Å²) in [6.45, 7) is 1.49. The minimum atomic E-state index is -5.50. The lowest BCUT2D eigenvalue weighted by Crippen LogP contribution is -2.30. The quantitative estimate of drug-likeness (QED) is 0.450. The summed E-state index contributed by atoms with van der Waals surface area (Å²) in [5, 5.41) is 5.23. The van der Waals surface area contributed by atoms with Crippen molar-refractivity contribution in [1.82, 2.24) is 5.43 Å². The van der Waals surface area contributed by atoms with Crippen molar-refractivity contribution in [3.63, 3.8) is 0 Å². The molecule has 2 aromatic carbocycles. The Hall–Kier alpha value is -1.68. The Bertz CT molecular complexity index is 931. The molecule has 0 heterocycles. The van der Waals surface area contributed by atoms with Gasteiger partial charge in [0.25, 0.3) is 0 Å². The van der Waals surface area contributed by atoms with Gasteiger partial charge in [-0.15, -0.1) is 0 Å². The van der Waals surface area contributed by atoms with Crippen LogP contribution in [0.5, 0.6) is 0 Å². The molecule has 2 N–H and O–H groups in total. The van der Waals surface area contributed by atoms with Crippen molar-refractivity contribution < 1.29 is 21.6 Å². The summed E-state index contributed by atoms with van der Waals surface area (Å²) in [6, 6.07) is 10.9. The Labute approximate surface area is 175 Å². The molecule has 0 radical (unpaired) electrons. The van der Waals surface area contributed by atoms with Gasteiger partial charge in [-0.25, -0.2) is 0 Å². The number of sulfonamides is 1. The van der Waals surface area contributed by atoms with Gasteiger partial charge < -0.3 is 5.43 Å². The van der Waals surface area contributed by atoms with Crippen LogP contribution in [0, 0.1) is 0 Å². The van der Waals surface area contributed by atoms with Crippen LogP contribution in [0.2, 0.25) is 15.1 Å². The van der Waals surface area contributed by atoms with Gasteiger partial charge in [-0.2, -0.15) is 26.7 Å². The first-order valence-electron chi connectivity index (χ1n) is 7.39. The third kappa shape index (κ3) is 7.05. The number of hydrazone groups is 1. The molecule has 0 aromatic heterocycles. The van der Waals surface area contributed by atoms with Gasteiger partial charge >= 0.3 is 15.5 Å². The monoisotopic (exact) mass is 475 g/mol. The van der Waals surface area contributed by atoms with E-state index in [1.54, 1.807) is 12.1 Å². The van der Waals surface area contributed by atoms with E-state index in [2.05, 4.69) is 10.5 Å². The highest BCUT2D eigenvalue weighted by Crippen LogP contribution is 2.28. The highest BCUT2D eigenvalue weighted by molar-refractivity contribution is 7.93. The summed E-state index contributed by atoms with van der Waals surface area (Å²) in [4.78, 5) is 0. The van der Waals surface area contributed by atoms with Gasteiger partial charge in [0.05, 0.1) is 21.4 Å². The van der Waals surface area contributed by atoms with Gasteiger partial charge in [-0.1, -0.05) is 46.9 Å². The highest BCUT2D eigenvalue weighted by atomic mass is 35.5. The number of nitrogens with one attached hydrogen (secondary N) is 2. The molecule has 2 rings (SSSR count). The average Bonchev–Trinajstić information content (AvgIpc) is 2.59. The fourth-order valence-electron chi connectivity index (χ4n) is 1.77. The minimum absolute atomic E-state index is 0.139. The van der Waals surface area contributed by atoms with Crippen LogP contribution in [-0.4, -0.2) is 26.7 Å². The van der Waals surface area contributed by atoms with Gasteiger partial charge in [0.15, 0.2) is 0 Å². The normalized spacial score (nSPS) is 12.1. The fourth-order valence-corrected chi connectivity index (χ4v) is 2.80. The van der Waals surface area contributed by atoms with E-state index in [9.17, 15) is 21.6 Å². The lowest BCUT2D eigenvalue weighted by Gasteiger charge is -2.14. The van der Waals surface area contributed by atoms with Crippen molar-refractivity contribution in [3.05, 3.63) is 63.1 Å². The molecule has 0 fully saturated rings. The second-order valence-electron chi connectivity index (χ2n) is 5.08. The van der Waals surface area contributed by atoms with E-state index in [1.807, 2.05) is 12.1 Å². The second kappa shape index (κ2) is 10.2. The Balaban J connectivity index is 0.000000406. The van der Waals surface area contributed by atoms with Gasteiger partial charge in [0.2, 0.25) is 0 Å². The van der Waals surface area contributed by atoms with E-state index in [1.165, 1.54) is 30.8 Å². The molecule has 2 aromatic rings. The molecule has 0 aliphatic heterocycles. The standard InChI is InChI=1S/C10H11ClF3N3O2S.C6H4Cl2/c1-6(16-15-2)8-5-7(11)3-4-9(8)17-20(18,19)10(12,13)14;7-5-3-1-2-4-6(5)8/h3-5,15,17H,1-2H3;1-4H/b16-6+;. The summed E-state index contributed by atoms with van der Waals surface area (Å²) >= 11 is 16.9. The van der Waals surface area contributed by atoms with Crippen LogP contribution in [0.3, 0.4) is 0 Å². The molecule has 0 unspecified atom stereocenters. The van der Waals surface area contributed by atoms with Gasteiger partial charge in [0, 0.05) is 17.6 Å². The SMILES string of the molecule is CN/N=C(\C)c1cc(Cl)ccc1NS(=O)(=O)C(F)(F)F.Clc1ccccc1Cl. The zero-order chi connectivity index (χ0) is 21.5. The molecule has 28 heavy (non-hydrogen) atoms. The van der Waals surface area contributed by atoms with Crippen molar-refractivity contribution >= 4 is 56.2 Å². The topological polar surface area (TPSA) is 70.6 Å². The van der Waals surface area contributed by atoms with E-state index in [0.29, 0.717) is 10.0 Å². The summed E-state index contributed by atoms with van der Waals surface area (Å²) in [6.07, 6.45) is 0. The van der Waals surface area contributed by atoms with E-state index in [0.717, 1.165) is 6.07 Å². The second-order valence-corrected chi connectivity index (χ2v) is 8.00. The Morgan fingerprint density at radius 3 is 2.00 bits per heavy atom. The fraction of sp³-hybridized carbons (Fsp3) is 0.188. The molecule has 0 amide bonds. The molecule has 0 saturated heterocycles. The number of nitrogens with zero attached hydrogens (tertiary/aromatic N) is 1. The highest BCUT2D eigenvalue weighted by Gasteiger charge is 2.46. The first kappa shape index (κ1) is 24.4. The van der Waals surface area contributed by atoms with Crippen LogP contribution in [0.25, 0.3) is 0 Å². The van der Waals surface area contributed by atoms with E-state index in [-0.39, 0.29) is 22.0 Å². The number of benzene rings is 2. The smallest absolute Gasteiger partial charge is 0.313 e. The summed E-state index contributed by atoms with van der Waals surface area (Å²) in [5.41, 5.74) is -2.80.